The number of carbonyl (C=O) groups excluding carboxylic acids is 1. The largest absolute Gasteiger partial charge is 0.424 e. The standard InChI is InChI=1S/C5H6O4/c1-3(6)5(7)9-4-2-8-4/h2-3,6H,1H3. The quantitative estimate of drug-likeness (QED) is 0.523. The van der Waals surface area contributed by atoms with E-state index in [4.69, 9.17) is 5.11 Å². The Bertz CT molecular complexity index is 158. The first-order valence-corrected chi connectivity index (χ1v) is 2.47. The second kappa shape index (κ2) is 2.06. The van der Waals surface area contributed by atoms with Crippen molar-refractivity contribution in [1.29, 1.82) is 0 Å². The minimum Gasteiger partial charge on any atom is -0.424 e. The second-order valence-corrected chi connectivity index (χ2v) is 1.65. The minimum absolute atomic E-state index is 0.168. The topological polar surface area (TPSA) is 59.1 Å². The van der Waals surface area contributed by atoms with Crippen molar-refractivity contribution in [3.05, 3.63) is 12.2 Å². The van der Waals surface area contributed by atoms with Crippen molar-refractivity contribution in [3.8, 4) is 0 Å². The average Bonchev–Trinajstić information content (AvgIpc) is 2.50. The van der Waals surface area contributed by atoms with E-state index in [2.05, 4.69) is 9.47 Å². The fraction of sp³-hybridized carbons (Fsp3) is 0.400. The number of ether oxygens (including phenoxy) is 2. The van der Waals surface area contributed by atoms with Crippen LogP contribution in [0.2, 0.25) is 0 Å². The monoisotopic (exact) mass is 130 g/mol. The van der Waals surface area contributed by atoms with Gasteiger partial charge in [0, 0.05) is 0 Å². The third-order valence-electron chi connectivity index (χ3n) is 0.756. The van der Waals surface area contributed by atoms with Crippen LogP contribution < -0.4 is 0 Å². The number of hydrogen-bond acceptors (Lipinski definition) is 4. The van der Waals surface area contributed by atoms with E-state index in [1.807, 2.05) is 0 Å². The molecule has 1 atom stereocenters. The zero-order valence-corrected chi connectivity index (χ0v) is 4.83. The first-order chi connectivity index (χ1) is 4.20. The molecule has 4 nitrogen and oxygen atoms in total. The van der Waals surface area contributed by atoms with E-state index in [1.54, 1.807) is 0 Å². The fourth-order valence-corrected chi connectivity index (χ4v) is 0.257. The lowest BCUT2D eigenvalue weighted by atomic mass is 10.4. The summed E-state index contributed by atoms with van der Waals surface area (Å²) in [5.41, 5.74) is 0. The molecule has 0 saturated heterocycles. The van der Waals surface area contributed by atoms with Crippen LogP contribution in [0, 0.1) is 0 Å². The summed E-state index contributed by atoms with van der Waals surface area (Å²) in [5, 5.41) is 8.54. The predicted molar refractivity (Wildman–Crippen MR) is 26.9 cm³/mol. The van der Waals surface area contributed by atoms with Crippen molar-refractivity contribution in [3.63, 3.8) is 0 Å². The number of rotatable bonds is 2. The Kier molecular flexibility index (Phi) is 1.40. The van der Waals surface area contributed by atoms with Gasteiger partial charge in [-0.05, 0) is 6.92 Å². The highest BCUT2D eigenvalue weighted by Gasteiger charge is 2.19. The zero-order valence-electron chi connectivity index (χ0n) is 4.83. The lowest BCUT2D eigenvalue weighted by Gasteiger charge is -1.98. The molecule has 0 amide bonds. The maximum atomic E-state index is 10.4. The molecule has 0 saturated carbocycles. The van der Waals surface area contributed by atoms with Gasteiger partial charge in [-0.15, -0.1) is 0 Å². The van der Waals surface area contributed by atoms with Gasteiger partial charge < -0.3 is 14.6 Å². The van der Waals surface area contributed by atoms with E-state index in [1.165, 1.54) is 13.2 Å². The first-order valence-electron chi connectivity index (χ1n) is 2.47. The van der Waals surface area contributed by atoms with E-state index >= 15 is 0 Å². The smallest absolute Gasteiger partial charge is 0.342 e. The highest BCUT2D eigenvalue weighted by molar-refractivity contribution is 5.74. The fourth-order valence-electron chi connectivity index (χ4n) is 0.257. The lowest BCUT2D eigenvalue weighted by molar-refractivity contribution is -0.149. The molecule has 1 N–H and O–H groups in total. The Morgan fingerprint density at radius 2 is 2.56 bits per heavy atom. The van der Waals surface area contributed by atoms with E-state index in [9.17, 15) is 4.79 Å². The van der Waals surface area contributed by atoms with Crippen LogP contribution in [0.5, 0.6) is 0 Å². The van der Waals surface area contributed by atoms with Crippen molar-refractivity contribution in [2.24, 2.45) is 0 Å². The number of esters is 1. The van der Waals surface area contributed by atoms with Gasteiger partial charge in [0.15, 0.2) is 6.26 Å². The second-order valence-electron chi connectivity index (χ2n) is 1.65. The summed E-state index contributed by atoms with van der Waals surface area (Å²) < 4.78 is 8.74. The van der Waals surface area contributed by atoms with Crippen LogP contribution in [0.25, 0.3) is 0 Å². The van der Waals surface area contributed by atoms with E-state index in [-0.39, 0.29) is 5.95 Å². The first kappa shape index (κ1) is 6.10. The van der Waals surface area contributed by atoms with Gasteiger partial charge in [0.25, 0.3) is 0 Å². The van der Waals surface area contributed by atoms with Gasteiger partial charge in [0.1, 0.15) is 6.10 Å². The summed E-state index contributed by atoms with van der Waals surface area (Å²) in [6, 6.07) is 0. The van der Waals surface area contributed by atoms with Crippen LogP contribution in [-0.4, -0.2) is 17.2 Å². The summed E-state index contributed by atoms with van der Waals surface area (Å²) in [4.78, 5) is 10.4. The Morgan fingerprint density at radius 3 is 2.89 bits per heavy atom. The number of carbonyl (C=O) groups is 1. The third-order valence-corrected chi connectivity index (χ3v) is 0.756. The molecule has 4 heteroatoms. The minimum atomic E-state index is -1.09. The van der Waals surface area contributed by atoms with Gasteiger partial charge in [-0.1, -0.05) is 0 Å². The highest BCUT2D eigenvalue weighted by atomic mass is 16.7. The van der Waals surface area contributed by atoms with E-state index in [0.717, 1.165) is 0 Å². The Morgan fingerprint density at radius 1 is 2.00 bits per heavy atom. The molecule has 0 bridgehead atoms. The van der Waals surface area contributed by atoms with Crippen molar-refractivity contribution >= 4 is 5.97 Å². The molecular weight excluding hydrogens is 124 g/mol. The number of aliphatic hydroxyl groups is 1. The summed E-state index contributed by atoms with van der Waals surface area (Å²) >= 11 is 0. The zero-order chi connectivity index (χ0) is 6.85. The predicted octanol–water partition coefficient (Wildman–Crippen LogP) is -0.261. The average molecular weight is 130 g/mol. The Hall–Kier alpha value is -1.03. The molecule has 0 aromatic carbocycles. The Labute approximate surface area is 51.7 Å². The van der Waals surface area contributed by atoms with Gasteiger partial charge in [0.05, 0.1) is 0 Å². The van der Waals surface area contributed by atoms with Gasteiger partial charge in [-0.3, -0.25) is 0 Å². The molecule has 9 heavy (non-hydrogen) atoms. The van der Waals surface area contributed by atoms with Gasteiger partial charge >= 0.3 is 11.9 Å². The van der Waals surface area contributed by atoms with Crippen molar-refractivity contribution < 1.29 is 19.4 Å². The maximum absolute atomic E-state index is 10.4. The van der Waals surface area contributed by atoms with Crippen molar-refractivity contribution in [1.82, 2.24) is 0 Å². The van der Waals surface area contributed by atoms with Crippen LogP contribution in [0.3, 0.4) is 0 Å². The van der Waals surface area contributed by atoms with Gasteiger partial charge in [0.2, 0.25) is 0 Å². The highest BCUT2D eigenvalue weighted by Crippen LogP contribution is 2.14. The van der Waals surface area contributed by atoms with Crippen LogP contribution in [-0.2, 0) is 14.3 Å². The van der Waals surface area contributed by atoms with Crippen LogP contribution in [0.15, 0.2) is 12.2 Å². The van der Waals surface area contributed by atoms with E-state index in [0.29, 0.717) is 0 Å². The van der Waals surface area contributed by atoms with Crippen LogP contribution >= 0.6 is 0 Å². The summed E-state index contributed by atoms with van der Waals surface area (Å²) in [6.07, 6.45) is 0.190. The van der Waals surface area contributed by atoms with Crippen LogP contribution in [0.4, 0.5) is 0 Å². The summed E-state index contributed by atoms with van der Waals surface area (Å²) in [6.45, 7) is 1.32. The molecular formula is C5H6O4. The molecule has 1 unspecified atom stereocenters. The number of hydrogen-bond donors (Lipinski definition) is 1. The van der Waals surface area contributed by atoms with Gasteiger partial charge in [-0.2, -0.15) is 0 Å². The molecule has 0 aromatic heterocycles. The molecule has 50 valence electrons. The Balaban J connectivity index is 2.25. The lowest BCUT2D eigenvalue weighted by Crippen LogP contribution is -2.17. The molecule has 0 spiro atoms. The van der Waals surface area contributed by atoms with E-state index < -0.39 is 12.1 Å². The third kappa shape index (κ3) is 1.73. The number of aliphatic hydroxyl groups excluding tert-OH is 1. The molecule has 0 aromatic rings. The molecule has 1 aliphatic rings. The maximum Gasteiger partial charge on any atom is 0.342 e. The molecule has 0 radical (unpaired) electrons. The molecule has 0 fully saturated rings. The molecule has 1 heterocycles. The summed E-state index contributed by atoms with van der Waals surface area (Å²) in [7, 11) is 0. The summed E-state index contributed by atoms with van der Waals surface area (Å²) in [5.74, 6) is -0.528. The SMILES string of the molecule is CC(O)C(=O)OC1=CO1. The molecule has 0 aliphatic carbocycles. The van der Waals surface area contributed by atoms with Gasteiger partial charge in [-0.25, -0.2) is 4.79 Å². The van der Waals surface area contributed by atoms with Crippen LogP contribution in [0.1, 0.15) is 6.92 Å². The molecule has 1 aliphatic heterocycles. The van der Waals surface area contributed by atoms with Crippen molar-refractivity contribution in [2.75, 3.05) is 0 Å². The van der Waals surface area contributed by atoms with Crippen molar-refractivity contribution in [2.45, 2.75) is 13.0 Å². The molecule has 1 rings (SSSR count). The normalized spacial score (nSPS) is 17.3.